The van der Waals surface area contributed by atoms with Crippen molar-refractivity contribution in [2.24, 2.45) is 10.2 Å². The van der Waals surface area contributed by atoms with Crippen molar-refractivity contribution in [2.45, 2.75) is 6.54 Å². The Hall–Kier alpha value is -4.18. The Bertz CT molecular complexity index is 1290. The van der Waals surface area contributed by atoms with E-state index in [0.717, 1.165) is 11.3 Å². The minimum absolute atomic E-state index is 0.109. The zero-order valence-corrected chi connectivity index (χ0v) is 21.2. The summed E-state index contributed by atoms with van der Waals surface area (Å²) in [5, 5.41) is 19.2. The van der Waals surface area contributed by atoms with Gasteiger partial charge in [-0.25, -0.2) is 0 Å². The number of benzene rings is 2. The molecule has 1 fully saturated rings. The topological polar surface area (TPSA) is 100 Å². The molecular formula is C26H26N4O5S. The quantitative estimate of drug-likeness (QED) is 0.271. The lowest BCUT2D eigenvalue weighted by molar-refractivity contribution is -0.122. The summed E-state index contributed by atoms with van der Waals surface area (Å²) < 4.78 is 15.9. The summed E-state index contributed by atoms with van der Waals surface area (Å²) >= 11 is 1.20. The number of hydrogen-bond acceptors (Lipinski definition) is 9. The van der Waals surface area contributed by atoms with Crippen molar-refractivity contribution in [3.63, 3.8) is 0 Å². The molecule has 1 aromatic heterocycles. The van der Waals surface area contributed by atoms with E-state index in [0.29, 0.717) is 21.4 Å². The summed E-state index contributed by atoms with van der Waals surface area (Å²) in [6.45, 7) is 0.213. The van der Waals surface area contributed by atoms with Crippen LogP contribution in [0.25, 0.3) is 6.08 Å². The summed E-state index contributed by atoms with van der Waals surface area (Å²) in [6.07, 6.45) is 4.89. The van der Waals surface area contributed by atoms with Crippen LogP contribution in [0.3, 0.4) is 0 Å². The number of furan rings is 1. The third kappa shape index (κ3) is 5.55. The molecule has 9 nitrogen and oxygen atoms in total. The maximum Gasteiger partial charge on any atom is 0.267 e. The Balaban J connectivity index is 1.63. The molecule has 1 saturated heterocycles. The number of hydrogen-bond donors (Lipinski definition) is 1. The van der Waals surface area contributed by atoms with Crippen LogP contribution in [-0.4, -0.2) is 55.6 Å². The average molecular weight is 507 g/mol. The minimum Gasteiger partial charge on any atom is -0.502 e. The maximum absolute atomic E-state index is 13.3. The Morgan fingerprint density at radius 1 is 1.08 bits per heavy atom. The first kappa shape index (κ1) is 24.9. The molecule has 4 rings (SSSR count). The number of aromatic hydroxyl groups is 1. The third-order valence-corrected chi connectivity index (χ3v) is 6.34. The molecular weight excluding hydrogens is 480 g/mol. The van der Waals surface area contributed by atoms with Crippen LogP contribution in [0.5, 0.6) is 17.2 Å². The second-order valence-electron chi connectivity index (χ2n) is 7.97. The fourth-order valence-corrected chi connectivity index (χ4v) is 4.37. The van der Waals surface area contributed by atoms with E-state index in [-0.39, 0.29) is 29.7 Å². The van der Waals surface area contributed by atoms with Gasteiger partial charge in [0.2, 0.25) is 5.75 Å². The zero-order valence-electron chi connectivity index (χ0n) is 20.3. The van der Waals surface area contributed by atoms with Crippen LogP contribution in [0.15, 0.2) is 74.3 Å². The average Bonchev–Trinajstić information content (AvgIpc) is 3.49. The molecule has 10 heteroatoms. The summed E-state index contributed by atoms with van der Waals surface area (Å²) in [5.74, 6) is 0.744. The van der Waals surface area contributed by atoms with Crippen molar-refractivity contribution in [1.82, 2.24) is 4.90 Å². The fraction of sp³-hybridized carbons (Fsp3) is 0.192. The number of amides is 1. The zero-order chi connectivity index (χ0) is 25.7. The predicted octanol–water partition coefficient (Wildman–Crippen LogP) is 4.58. The molecule has 0 atom stereocenters. The highest BCUT2D eigenvalue weighted by Crippen LogP contribution is 2.39. The Labute approximate surface area is 213 Å². The number of carbonyl (C=O) groups excluding carboxylic acids is 1. The highest BCUT2D eigenvalue weighted by atomic mass is 32.2. The van der Waals surface area contributed by atoms with E-state index in [1.54, 1.807) is 42.8 Å². The molecule has 3 aromatic rings. The van der Waals surface area contributed by atoms with Crippen molar-refractivity contribution in [2.75, 3.05) is 33.2 Å². The van der Waals surface area contributed by atoms with Gasteiger partial charge in [-0.05, 0) is 65.4 Å². The van der Waals surface area contributed by atoms with Gasteiger partial charge in [-0.1, -0.05) is 12.1 Å². The van der Waals surface area contributed by atoms with Crippen molar-refractivity contribution < 1.29 is 23.8 Å². The number of phenolic OH excluding ortho intramolecular Hbond substituents is 1. The lowest BCUT2D eigenvalue weighted by atomic mass is 10.1. The van der Waals surface area contributed by atoms with E-state index in [1.807, 2.05) is 43.3 Å². The van der Waals surface area contributed by atoms with E-state index in [4.69, 9.17) is 13.9 Å². The highest BCUT2D eigenvalue weighted by Gasteiger charge is 2.34. The fourth-order valence-electron chi connectivity index (χ4n) is 3.43. The van der Waals surface area contributed by atoms with Crippen LogP contribution in [0.1, 0.15) is 16.9 Å². The van der Waals surface area contributed by atoms with Crippen molar-refractivity contribution in [1.29, 1.82) is 0 Å². The number of methoxy groups -OCH3 is 2. The molecule has 0 aliphatic carbocycles. The van der Waals surface area contributed by atoms with Gasteiger partial charge in [-0.15, -0.1) is 5.10 Å². The summed E-state index contributed by atoms with van der Waals surface area (Å²) in [4.78, 5) is 17.3. The molecule has 1 aliphatic rings. The molecule has 1 aliphatic heterocycles. The van der Waals surface area contributed by atoms with Crippen LogP contribution >= 0.6 is 11.8 Å². The second kappa shape index (κ2) is 11.0. The smallest absolute Gasteiger partial charge is 0.267 e. The number of phenols is 1. The van der Waals surface area contributed by atoms with Gasteiger partial charge in [0.05, 0.1) is 38.1 Å². The molecule has 0 radical (unpaired) electrons. The SMILES string of the molecule is COc1cc(/C=C2\S/C(=N/N=C\c3ccc(N(C)C)cc3)N(Cc3ccco3)C2=O)cc(OC)c1O. The number of rotatable bonds is 8. The molecule has 2 aromatic carbocycles. The molecule has 0 saturated carbocycles. The van der Waals surface area contributed by atoms with E-state index in [9.17, 15) is 9.90 Å². The summed E-state index contributed by atoms with van der Waals surface area (Å²) in [6, 6.07) is 14.7. The van der Waals surface area contributed by atoms with Crippen LogP contribution < -0.4 is 14.4 Å². The standard InChI is InChI=1S/C26H26N4O5S/c1-29(2)19-9-7-17(8-10-19)15-27-28-26-30(16-20-6-5-11-35-20)25(32)23(36-26)14-18-12-21(33-3)24(31)22(13-18)34-4/h5-15,31H,16H2,1-4H3/b23-14-,27-15-,28-26+. The van der Waals surface area contributed by atoms with Gasteiger partial charge in [0.15, 0.2) is 16.7 Å². The van der Waals surface area contributed by atoms with Crippen molar-refractivity contribution in [3.8, 4) is 17.2 Å². The molecule has 0 spiro atoms. The predicted molar refractivity (Wildman–Crippen MR) is 142 cm³/mol. The first-order chi connectivity index (χ1) is 17.4. The van der Waals surface area contributed by atoms with E-state index >= 15 is 0 Å². The molecule has 1 amide bonds. The number of amidine groups is 1. The first-order valence-corrected chi connectivity index (χ1v) is 11.8. The Morgan fingerprint density at radius 3 is 2.36 bits per heavy atom. The van der Waals surface area contributed by atoms with Crippen molar-refractivity contribution >= 4 is 40.8 Å². The first-order valence-electron chi connectivity index (χ1n) is 11.0. The molecule has 0 bridgehead atoms. The van der Waals surface area contributed by atoms with Crippen LogP contribution in [0.2, 0.25) is 0 Å². The van der Waals surface area contributed by atoms with Gasteiger partial charge in [-0.3, -0.25) is 9.69 Å². The Morgan fingerprint density at radius 2 is 1.78 bits per heavy atom. The van der Waals surface area contributed by atoms with Gasteiger partial charge in [0.1, 0.15) is 5.76 Å². The van der Waals surface area contributed by atoms with E-state index < -0.39 is 0 Å². The van der Waals surface area contributed by atoms with Crippen LogP contribution in [-0.2, 0) is 11.3 Å². The minimum atomic E-state index is -0.244. The van der Waals surface area contributed by atoms with Gasteiger partial charge in [-0.2, -0.15) is 5.10 Å². The summed E-state index contributed by atoms with van der Waals surface area (Å²) in [5.41, 5.74) is 2.59. The van der Waals surface area contributed by atoms with Gasteiger partial charge in [0, 0.05) is 19.8 Å². The normalized spacial score (nSPS) is 15.9. The molecule has 36 heavy (non-hydrogen) atoms. The highest BCUT2D eigenvalue weighted by molar-refractivity contribution is 8.18. The molecule has 186 valence electrons. The molecule has 2 heterocycles. The number of nitrogens with zero attached hydrogens (tertiary/aromatic N) is 4. The van der Waals surface area contributed by atoms with Crippen LogP contribution in [0, 0.1) is 0 Å². The lowest BCUT2D eigenvalue weighted by Crippen LogP contribution is -2.28. The maximum atomic E-state index is 13.3. The number of ether oxygens (including phenoxy) is 2. The summed E-state index contributed by atoms with van der Waals surface area (Å²) in [7, 11) is 6.85. The lowest BCUT2D eigenvalue weighted by Gasteiger charge is -2.12. The Kier molecular flexibility index (Phi) is 7.65. The van der Waals surface area contributed by atoms with Gasteiger partial charge < -0.3 is 23.9 Å². The van der Waals surface area contributed by atoms with Gasteiger partial charge >= 0.3 is 0 Å². The number of thioether (sulfide) groups is 1. The van der Waals surface area contributed by atoms with E-state index in [1.165, 1.54) is 30.9 Å². The largest absolute Gasteiger partial charge is 0.502 e. The molecule has 0 unspecified atom stereocenters. The molecule has 1 N–H and O–H groups in total. The van der Waals surface area contributed by atoms with Crippen LogP contribution in [0.4, 0.5) is 5.69 Å². The van der Waals surface area contributed by atoms with E-state index in [2.05, 4.69) is 10.2 Å². The third-order valence-electron chi connectivity index (χ3n) is 5.34. The number of carbonyl (C=O) groups is 1. The van der Waals surface area contributed by atoms with Gasteiger partial charge in [0.25, 0.3) is 5.91 Å². The number of anilines is 1. The van der Waals surface area contributed by atoms with Crippen molar-refractivity contribution in [3.05, 3.63) is 76.6 Å². The monoisotopic (exact) mass is 506 g/mol. The second-order valence-corrected chi connectivity index (χ2v) is 8.98.